The molecule has 166 valence electrons. The van der Waals surface area contributed by atoms with E-state index in [0.717, 1.165) is 17.7 Å². The van der Waals surface area contributed by atoms with Crippen LogP contribution in [0.15, 0.2) is 69.0 Å². The molecule has 1 aliphatic carbocycles. The normalized spacial score (nSPS) is 14.6. The van der Waals surface area contributed by atoms with Crippen molar-refractivity contribution in [3.63, 3.8) is 0 Å². The van der Waals surface area contributed by atoms with E-state index in [-0.39, 0.29) is 10.7 Å². The Morgan fingerprint density at radius 1 is 1.00 bits per heavy atom. The van der Waals surface area contributed by atoms with Gasteiger partial charge in [-0.15, -0.1) is 0 Å². The van der Waals surface area contributed by atoms with Crippen molar-refractivity contribution in [3.8, 4) is 0 Å². The van der Waals surface area contributed by atoms with Gasteiger partial charge in [0.05, 0.1) is 16.3 Å². The highest BCUT2D eigenvalue weighted by Crippen LogP contribution is 2.30. The quantitative estimate of drug-likeness (QED) is 0.494. The van der Waals surface area contributed by atoms with Crippen LogP contribution >= 0.6 is 0 Å². The van der Waals surface area contributed by atoms with Crippen LogP contribution in [-0.4, -0.2) is 20.0 Å². The van der Waals surface area contributed by atoms with Crippen LogP contribution in [0.3, 0.4) is 0 Å². The van der Waals surface area contributed by atoms with Crippen molar-refractivity contribution in [2.75, 3.05) is 5.43 Å². The van der Waals surface area contributed by atoms with Gasteiger partial charge >= 0.3 is 5.91 Å². The summed E-state index contributed by atoms with van der Waals surface area (Å²) in [6.07, 6.45) is 1.97. The van der Waals surface area contributed by atoms with E-state index >= 15 is 0 Å². The monoisotopic (exact) mass is 452 g/mol. The summed E-state index contributed by atoms with van der Waals surface area (Å²) in [5.41, 5.74) is 9.05. The van der Waals surface area contributed by atoms with E-state index in [2.05, 4.69) is 20.8 Å². The minimum Gasteiger partial charge on any atom is -0.455 e. The van der Waals surface area contributed by atoms with E-state index < -0.39 is 15.9 Å². The smallest absolute Gasteiger partial charge is 0.305 e. The molecule has 3 N–H and O–H groups in total. The predicted molar refractivity (Wildman–Crippen MR) is 122 cm³/mol. The fraction of sp³-hybridized carbons (Fsp3) is 0.217. The van der Waals surface area contributed by atoms with Gasteiger partial charge in [-0.1, -0.05) is 35.9 Å². The van der Waals surface area contributed by atoms with Crippen LogP contribution in [0.2, 0.25) is 0 Å². The van der Waals surface area contributed by atoms with E-state index in [1.165, 1.54) is 12.1 Å². The first kappa shape index (κ1) is 21.6. The van der Waals surface area contributed by atoms with E-state index in [9.17, 15) is 13.2 Å². The molecule has 0 radical (unpaired) electrons. The van der Waals surface area contributed by atoms with Crippen LogP contribution in [-0.2, 0) is 16.4 Å². The lowest BCUT2D eigenvalue weighted by atomic mass is 9.93. The zero-order chi connectivity index (χ0) is 22.7. The number of furan rings is 1. The number of hydrazine groups is 1. The number of aryl methyl sites for hydroxylation is 2. The second kappa shape index (κ2) is 8.88. The molecule has 0 bridgehead atoms. The maximum atomic E-state index is 12.7. The molecule has 0 spiro atoms. The molecular formula is C23H24N4O4S. The lowest BCUT2D eigenvalue weighted by molar-refractivity contribution is 0.0932. The standard InChI is InChI=1S/C23H24N4O4S/c1-15-11-13-18(14-12-15)32(29,30)27-25-19-9-6-10-20-21(19)16(2)22(31-20)23(28)26-24-17-7-4-3-5-8-17/h3-5,7-8,11-14,24,27H,6,9-10H2,1-2H3,(H,26,28)/b25-19+. The molecule has 2 aromatic carbocycles. The Balaban J connectivity index is 1.55. The third-order valence-electron chi connectivity index (χ3n) is 5.26. The molecule has 1 aliphatic rings. The van der Waals surface area contributed by atoms with Crippen molar-refractivity contribution in [3.05, 3.63) is 82.8 Å². The molecule has 0 atom stereocenters. The second-order valence-electron chi connectivity index (χ2n) is 7.62. The summed E-state index contributed by atoms with van der Waals surface area (Å²) >= 11 is 0. The average molecular weight is 453 g/mol. The number of hydrazone groups is 1. The van der Waals surface area contributed by atoms with E-state index in [1.54, 1.807) is 19.1 Å². The van der Waals surface area contributed by atoms with Gasteiger partial charge in [0.1, 0.15) is 5.76 Å². The maximum Gasteiger partial charge on any atom is 0.305 e. The summed E-state index contributed by atoms with van der Waals surface area (Å²) in [5, 5.41) is 4.19. The zero-order valence-corrected chi connectivity index (χ0v) is 18.6. The Hall–Kier alpha value is -3.59. The number of carbonyl (C=O) groups is 1. The molecule has 0 fully saturated rings. The topological polar surface area (TPSA) is 113 Å². The Bertz CT molecular complexity index is 1260. The summed E-state index contributed by atoms with van der Waals surface area (Å²) in [5.74, 6) is 0.390. The molecule has 0 unspecified atom stereocenters. The SMILES string of the molecule is Cc1ccc(S(=O)(=O)N/N=C2\CCCc3oc(C(=O)NNc4ccccc4)c(C)c32)cc1. The molecule has 0 saturated heterocycles. The minimum absolute atomic E-state index is 0.138. The third kappa shape index (κ3) is 4.52. The van der Waals surface area contributed by atoms with Crippen molar-refractivity contribution in [1.29, 1.82) is 0 Å². The number of nitrogens with zero attached hydrogens (tertiary/aromatic N) is 1. The summed E-state index contributed by atoms with van der Waals surface area (Å²) in [4.78, 5) is 15.1. The minimum atomic E-state index is -3.80. The van der Waals surface area contributed by atoms with Gasteiger partial charge < -0.3 is 4.42 Å². The Morgan fingerprint density at radius 2 is 1.72 bits per heavy atom. The number of hydrogen-bond donors (Lipinski definition) is 3. The second-order valence-corrected chi connectivity index (χ2v) is 9.28. The van der Waals surface area contributed by atoms with Crippen molar-refractivity contribution in [1.82, 2.24) is 10.3 Å². The third-order valence-corrected chi connectivity index (χ3v) is 6.48. The Kier molecular flexibility index (Phi) is 6.00. The summed E-state index contributed by atoms with van der Waals surface area (Å²) in [7, 11) is -3.80. The van der Waals surface area contributed by atoms with Crippen LogP contribution in [0, 0.1) is 13.8 Å². The number of anilines is 1. The van der Waals surface area contributed by atoms with Crippen molar-refractivity contribution >= 4 is 27.3 Å². The summed E-state index contributed by atoms with van der Waals surface area (Å²) in [6.45, 7) is 3.66. The average Bonchev–Trinajstić information content (AvgIpc) is 3.14. The molecule has 8 nitrogen and oxygen atoms in total. The van der Waals surface area contributed by atoms with Gasteiger partial charge in [-0.2, -0.15) is 18.4 Å². The number of rotatable bonds is 6. The number of sulfonamides is 1. The number of nitrogens with one attached hydrogen (secondary N) is 3. The van der Waals surface area contributed by atoms with Crippen molar-refractivity contribution < 1.29 is 17.6 Å². The lowest BCUT2D eigenvalue weighted by Gasteiger charge is -2.14. The van der Waals surface area contributed by atoms with Gasteiger partial charge in [-0.05, 0) is 51.0 Å². The molecule has 1 aromatic heterocycles. The highest BCUT2D eigenvalue weighted by atomic mass is 32.2. The number of hydrogen-bond acceptors (Lipinski definition) is 6. The molecule has 0 saturated carbocycles. The number of fused-ring (bicyclic) bond motifs is 1. The van der Waals surface area contributed by atoms with Gasteiger partial charge in [0.25, 0.3) is 10.0 Å². The first-order valence-electron chi connectivity index (χ1n) is 10.2. The first-order valence-corrected chi connectivity index (χ1v) is 11.7. The van der Waals surface area contributed by atoms with Crippen LogP contribution in [0.4, 0.5) is 5.69 Å². The molecule has 4 rings (SSSR count). The van der Waals surface area contributed by atoms with Gasteiger partial charge in [-0.25, -0.2) is 0 Å². The maximum absolute atomic E-state index is 12.7. The van der Waals surface area contributed by atoms with Crippen molar-refractivity contribution in [2.45, 2.75) is 38.0 Å². The molecule has 32 heavy (non-hydrogen) atoms. The highest BCUT2D eigenvalue weighted by molar-refractivity contribution is 7.89. The van der Waals surface area contributed by atoms with Gasteiger partial charge in [-0.3, -0.25) is 15.6 Å². The number of benzene rings is 2. The molecule has 3 aromatic rings. The van der Waals surface area contributed by atoms with Gasteiger partial charge in [0.2, 0.25) is 0 Å². The van der Waals surface area contributed by atoms with Crippen LogP contribution < -0.4 is 15.7 Å². The molecule has 0 aliphatic heterocycles. The summed E-state index contributed by atoms with van der Waals surface area (Å²) < 4.78 is 31.0. The fourth-order valence-electron chi connectivity index (χ4n) is 3.59. The van der Waals surface area contributed by atoms with E-state index in [1.807, 2.05) is 37.3 Å². The van der Waals surface area contributed by atoms with Crippen LogP contribution in [0.1, 0.15) is 45.8 Å². The van der Waals surface area contributed by atoms with Crippen molar-refractivity contribution in [2.24, 2.45) is 5.10 Å². The largest absolute Gasteiger partial charge is 0.455 e. The molecule has 1 amide bonds. The van der Waals surface area contributed by atoms with Crippen LogP contribution in [0.25, 0.3) is 0 Å². The zero-order valence-electron chi connectivity index (χ0n) is 17.8. The Labute approximate surface area is 186 Å². The molecular weight excluding hydrogens is 428 g/mol. The Morgan fingerprint density at radius 3 is 2.44 bits per heavy atom. The number of para-hydroxylation sites is 1. The predicted octanol–water partition coefficient (Wildman–Crippen LogP) is 3.67. The van der Waals surface area contributed by atoms with Gasteiger partial charge in [0, 0.05) is 17.5 Å². The first-order chi connectivity index (χ1) is 15.3. The molecule has 1 heterocycles. The number of amides is 1. The molecule has 9 heteroatoms. The summed E-state index contributed by atoms with van der Waals surface area (Å²) in [6, 6.07) is 15.8. The van der Waals surface area contributed by atoms with Gasteiger partial charge in [0.15, 0.2) is 5.76 Å². The highest BCUT2D eigenvalue weighted by Gasteiger charge is 2.28. The van der Waals surface area contributed by atoms with E-state index in [0.29, 0.717) is 35.4 Å². The van der Waals surface area contributed by atoms with Crippen LogP contribution in [0.5, 0.6) is 0 Å². The number of carbonyl (C=O) groups excluding carboxylic acids is 1. The van der Waals surface area contributed by atoms with E-state index in [4.69, 9.17) is 4.42 Å². The lowest BCUT2D eigenvalue weighted by Crippen LogP contribution is -2.29. The fourth-order valence-corrected chi connectivity index (χ4v) is 4.42.